The number of aryl methyl sites for hydroxylation is 1. The molecule has 2 unspecified atom stereocenters. The van der Waals surface area contributed by atoms with E-state index in [4.69, 9.17) is 14.8 Å². The molecular formula is C27H40N8O2. The minimum Gasteiger partial charge on any atom is -0.377 e. The van der Waals surface area contributed by atoms with E-state index in [1.807, 2.05) is 29.6 Å². The van der Waals surface area contributed by atoms with Gasteiger partial charge in [0.15, 0.2) is 5.82 Å². The molecule has 1 aromatic rings. The molecule has 37 heavy (non-hydrogen) atoms. The second-order valence-electron chi connectivity index (χ2n) is 11.2. The molecule has 1 spiro atoms. The zero-order valence-corrected chi connectivity index (χ0v) is 22.7. The number of urea groups is 1. The van der Waals surface area contributed by atoms with Gasteiger partial charge in [-0.3, -0.25) is 19.5 Å². The van der Waals surface area contributed by atoms with Crippen LogP contribution in [0.5, 0.6) is 0 Å². The highest BCUT2D eigenvalue weighted by molar-refractivity contribution is 6.13. The number of aliphatic imine (C=N–C) groups is 1. The van der Waals surface area contributed by atoms with Crippen molar-refractivity contribution in [3.05, 3.63) is 35.9 Å². The number of rotatable bonds is 9. The van der Waals surface area contributed by atoms with E-state index < -0.39 is 5.54 Å². The van der Waals surface area contributed by atoms with Crippen LogP contribution in [0.1, 0.15) is 52.1 Å². The van der Waals surface area contributed by atoms with Gasteiger partial charge >= 0.3 is 6.03 Å². The molecule has 200 valence electrons. The third kappa shape index (κ3) is 4.14. The number of likely N-dealkylation sites (N-methyl/N-ethyl adjacent to an activating group) is 2. The predicted molar refractivity (Wildman–Crippen MR) is 143 cm³/mol. The second kappa shape index (κ2) is 9.16. The minimum atomic E-state index is -0.496. The predicted octanol–water partition coefficient (Wildman–Crippen LogP) is 3.19. The first-order valence-corrected chi connectivity index (χ1v) is 13.8. The molecule has 4 heterocycles. The SMILES string of the molecule is CCN1C=C(Nc2cc(C)n(CCOC(C)C)n2)C2=NCN(C)C23C=CN(C(=O)N(C2CC2)C2CC2)C13. The van der Waals surface area contributed by atoms with Gasteiger partial charge in [-0.1, -0.05) is 0 Å². The van der Waals surface area contributed by atoms with Gasteiger partial charge in [0.05, 0.1) is 37.3 Å². The lowest BCUT2D eigenvalue weighted by atomic mass is 9.85. The van der Waals surface area contributed by atoms with Crippen LogP contribution in [0.2, 0.25) is 0 Å². The smallest absolute Gasteiger partial charge is 0.326 e. The maximum Gasteiger partial charge on any atom is 0.326 e. The Labute approximate surface area is 219 Å². The van der Waals surface area contributed by atoms with Gasteiger partial charge in [-0.15, -0.1) is 0 Å². The molecule has 0 bridgehead atoms. The number of hydrogen-bond acceptors (Lipinski definition) is 7. The van der Waals surface area contributed by atoms with Crippen LogP contribution >= 0.6 is 0 Å². The number of ether oxygens (including phenoxy) is 1. The molecular weight excluding hydrogens is 468 g/mol. The molecule has 2 saturated carbocycles. The maximum atomic E-state index is 13.9. The van der Waals surface area contributed by atoms with E-state index in [1.165, 1.54) is 0 Å². The molecule has 0 radical (unpaired) electrons. The van der Waals surface area contributed by atoms with Crippen molar-refractivity contribution in [3.63, 3.8) is 0 Å². The molecule has 10 heteroatoms. The summed E-state index contributed by atoms with van der Waals surface area (Å²) >= 11 is 0. The number of carbonyl (C=O) groups excluding carboxylic acids is 1. The monoisotopic (exact) mass is 508 g/mol. The van der Waals surface area contributed by atoms with Gasteiger partial charge in [0, 0.05) is 42.8 Å². The summed E-state index contributed by atoms with van der Waals surface area (Å²) in [4.78, 5) is 27.6. The highest BCUT2D eigenvalue weighted by Gasteiger charge is 2.60. The summed E-state index contributed by atoms with van der Waals surface area (Å²) in [6.07, 6.45) is 10.9. The number of nitrogens with one attached hydrogen (secondary N) is 1. The van der Waals surface area contributed by atoms with Crippen LogP contribution in [0.25, 0.3) is 0 Å². The fraction of sp³-hybridized carbons (Fsp3) is 0.667. The van der Waals surface area contributed by atoms with Crippen molar-refractivity contribution in [2.45, 2.75) is 89.8 Å². The number of aromatic nitrogens is 2. The van der Waals surface area contributed by atoms with Crippen LogP contribution in [0.3, 0.4) is 0 Å². The van der Waals surface area contributed by atoms with Crippen molar-refractivity contribution >= 4 is 17.6 Å². The highest BCUT2D eigenvalue weighted by Crippen LogP contribution is 2.45. The Hall–Kier alpha value is -2.85. The lowest BCUT2D eigenvalue weighted by Crippen LogP contribution is -2.67. The average molecular weight is 509 g/mol. The van der Waals surface area contributed by atoms with Crippen LogP contribution < -0.4 is 5.32 Å². The average Bonchev–Trinajstić information content (AvgIpc) is 3.78. The van der Waals surface area contributed by atoms with E-state index in [2.05, 4.69) is 59.3 Å². The Balaban J connectivity index is 1.27. The largest absolute Gasteiger partial charge is 0.377 e. The lowest BCUT2D eigenvalue weighted by molar-refractivity contribution is 0.0524. The minimum absolute atomic E-state index is 0.143. The fourth-order valence-corrected chi connectivity index (χ4v) is 6.00. The van der Waals surface area contributed by atoms with Crippen molar-refractivity contribution in [3.8, 4) is 0 Å². The van der Waals surface area contributed by atoms with Crippen LogP contribution in [0.4, 0.5) is 10.6 Å². The molecule has 3 aliphatic heterocycles. The van der Waals surface area contributed by atoms with Gasteiger partial charge in [-0.05, 0) is 66.5 Å². The molecule has 6 rings (SSSR count). The topological polar surface area (TPSA) is 81.5 Å². The molecule has 5 aliphatic rings. The van der Waals surface area contributed by atoms with Crippen LogP contribution in [-0.4, -0.2) is 97.9 Å². The summed E-state index contributed by atoms with van der Waals surface area (Å²) in [6.45, 7) is 11.0. The number of nitrogens with zero attached hydrogens (tertiary/aromatic N) is 7. The summed E-state index contributed by atoms with van der Waals surface area (Å²) in [5.41, 5.74) is 2.49. The molecule has 2 amide bonds. The molecule has 2 fully saturated rings. The quantitative estimate of drug-likeness (QED) is 0.552. The first-order chi connectivity index (χ1) is 17.8. The maximum absolute atomic E-state index is 13.9. The van der Waals surface area contributed by atoms with Gasteiger partial charge < -0.3 is 19.9 Å². The Morgan fingerprint density at radius 3 is 2.65 bits per heavy atom. The van der Waals surface area contributed by atoms with Gasteiger partial charge in [0.2, 0.25) is 0 Å². The van der Waals surface area contributed by atoms with Crippen molar-refractivity contribution < 1.29 is 9.53 Å². The van der Waals surface area contributed by atoms with Gasteiger partial charge in [0.1, 0.15) is 11.7 Å². The van der Waals surface area contributed by atoms with Crippen LogP contribution in [0, 0.1) is 6.92 Å². The summed E-state index contributed by atoms with van der Waals surface area (Å²) in [5, 5.41) is 8.37. The Morgan fingerprint density at radius 1 is 1.27 bits per heavy atom. The molecule has 2 atom stereocenters. The summed E-state index contributed by atoms with van der Waals surface area (Å²) < 4.78 is 7.70. The number of hydrogen-bond donors (Lipinski definition) is 1. The van der Waals surface area contributed by atoms with Crippen molar-refractivity contribution in [1.29, 1.82) is 0 Å². The van der Waals surface area contributed by atoms with E-state index in [0.29, 0.717) is 31.9 Å². The number of amides is 2. The molecule has 0 saturated heterocycles. The van der Waals surface area contributed by atoms with E-state index in [0.717, 1.165) is 55.1 Å². The molecule has 1 aromatic heterocycles. The normalized spacial score (nSPS) is 26.9. The molecule has 2 aliphatic carbocycles. The van der Waals surface area contributed by atoms with Crippen molar-refractivity contribution in [2.75, 3.05) is 32.2 Å². The first-order valence-electron chi connectivity index (χ1n) is 13.8. The zero-order valence-electron chi connectivity index (χ0n) is 22.7. The molecule has 10 nitrogen and oxygen atoms in total. The zero-order chi connectivity index (χ0) is 25.9. The van der Waals surface area contributed by atoms with E-state index in [1.54, 1.807) is 0 Å². The van der Waals surface area contributed by atoms with Crippen LogP contribution in [-0.2, 0) is 11.3 Å². The lowest BCUT2D eigenvalue weighted by Gasteiger charge is -2.49. The van der Waals surface area contributed by atoms with Crippen molar-refractivity contribution in [1.82, 2.24) is 29.4 Å². The van der Waals surface area contributed by atoms with Gasteiger partial charge in [-0.2, -0.15) is 5.10 Å². The molecule has 1 N–H and O–H groups in total. The third-order valence-electron chi connectivity index (χ3n) is 8.15. The van der Waals surface area contributed by atoms with Crippen molar-refractivity contribution in [2.24, 2.45) is 4.99 Å². The van der Waals surface area contributed by atoms with Crippen LogP contribution in [0.15, 0.2) is 35.2 Å². The van der Waals surface area contributed by atoms with Gasteiger partial charge in [0.25, 0.3) is 0 Å². The van der Waals surface area contributed by atoms with E-state index in [9.17, 15) is 4.79 Å². The first kappa shape index (κ1) is 24.5. The Kier molecular flexibility index (Phi) is 6.06. The number of carbonyl (C=O) groups is 1. The number of anilines is 1. The van der Waals surface area contributed by atoms with E-state index in [-0.39, 0.29) is 18.3 Å². The Morgan fingerprint density at radius 2 is 2.00 bits per heavy atom. The summed E-state index contributed by atoms with van der Waals surface area (Å²) in [6, 6.07) is 3.03. The fourth-order valence-electron chi connectivity index (χ4n) is 6.00. The van der Waals surface area contributed by atoms with Gasteiger partial charge in [-0.25, -0.2) is 4.79 Å². The van der Waals surface area contributed by atoms with E-state index >= 15 is 0 Å². The summed E-state index contributed by atoms with van der Waals surface area (Å²) in [5.74, 6) is 0.791. The standard InChI is InChI=1S/C27H40N8O2/c1-6-32-16-22(29-23-15-19(4)34(30-23)13-14-37-18(2)3)24-27(31(5)17-28-24)11-12-33(25(27)32)26(36)35(20-7-8-20)21-9-10-21/h11-12,15-16,18,20-21,25H,6-10,13-14,17H2,1-5H3,(H,29,30). The Bertz CT molecular complexity index is 1140. The highest BCUT2D eigenvalue weighted by atomic mass is 16.5. The summed E-state index contributed by atoms with van der Waals surface area (Å²) in [7, 11) is 2.10. The molecule has 0 aromatic carbocycles. The second-order valence-corrected chi connectivity index (χ2v) is 11.2. The third-order valence-corrected chi connectivity index (χ3v) is 8.15.